The molecule has 0 saturated carbocycles. The van der Waals surface area contributed by atoms with E-state index in [1.165, 1.54) is 17.4 Å². The lowest BCUT2D eigenvalue weighted by Gasteiger charge is -1.98. The second-order valence-corrected chi connectivity index (χ2v) is 4.71. The normalized spacial score (nSPS) is 10.6. The van der Waals surface area contributed by atoms with Crippen molar-refractivity contribution >= 4 is 34.5 Å². The molecular weight excluding hydrogens is 256 g/mol. The lowest BCUT2D eigenvalue weighted by atomic mass is 10.2. The number of alkyl halides is 1. The molecule has 5 heteroatoms. The van der Waals surface area contributed by atoms with Crippen LogP contribution in [0.3, 0.4) is 0 Å². The van der Waals surface area contributed by atoms with Crippen molar-refractivity contribution in [3.05, 3.63) is 40.1 Å². The summed E-state index contributed by atoms with van der Waals surface area (Å²) < 4.78 is 13.5. The fourth-order valence-electron chi connectivity index (χ4n) is 1.16. The van der Waals surface area contributed by atoms with Gasteiger partial charge in [0, 0.05) is 21.7 Å². The quantitative estimate of drug-likeness (QED) is 0.733. The maximum absolute atomic E-state index is 13.5. The van der Waals surface area contributed by atoms with Crippen molar-refractivity contribution in [2.75, 3.05) is 0 Å². The highest BCUT2D eigenvalue weighted by Gasteiger charge is 2.09. The molecule has 0 aliphatic heterocycles. The molecule has 0 aliphatic carbocycles. The number of hydrogen-bond donors (Lipinski definition) is 0. The molecule has 0 spiro atoms. The molecule has 0 atom stereocenters. The van der Waals surface area contributed by atoms with Crippen molar-refractivity contribution in [2.45, 2.75) is 5.88 Å². The van der Waals surface area contributed by atoms with Gasteiger partial charge >= 0.3 is 0 Å². The van der Waals surface area contributed by atoms with Gasteiger partial charge in [0.05, 0.1) is 5.88 Å². The van der Waals surface area contributed by atoms with Crippen LogP contribution in [0.1, 0.15) is 4.88 Å². The molecule has 0 fully saturated rings. The zero-order valence-electron chi connectivity index (χ0n) is 7.51. The first-order valence-corrected chi connectivity index (χ1v) is 5.89. The molecule has 0 amide bonds. The predicted octanol–water partition coefficient (Wildman–Crippen LogP) is 4.34. The Morgan fingerprint density at radius 3 is 2.80 bits per heavy atom. The van der Waals surface area contributed by atoms with Crippen LogP contribution >= 0.6 is 34.5 Å². The Bertz CT molecular complexity index is 484. The number of benzene rings is 1. The number of halogens is 3. The largest absolute Gasteiger partial charge is 0.244 e. The third kappa shape index (κ3) is 2.30. The van der Waals surface area contributed by atoms with Crippen molar-refractivity contribution in [3.63, 3.8) is 0 Å². The van der Waals surface area contributed by atoms with Crippen LogP contribution in [0.2, 0.25) is 5.02 Å². The molecule has 0 saturated heterocycles. The Hall–Kier alpha value is -0.640. The molecule has 0 unspecified atom stereocenters. The minimum atomic E-state index is -0.363. The van der Waals surface area contributed by atoms with E-state index in [4.69, 9.17) is 23.2 Å². The van der Waals surface area contributed by atoms with Gasteiger partial charge in [-0.2, -0.15) is 0 Å². The molecule has 1 aromatic carbocycles. The van der Waals surface area contributed by atoms with Gasteiger partial charge < -0.3 is 0 Å². The smallest absolute Gasteiger partial charge is 0.134 e. The SMILES string of the molecule is Fc1cc(Cl)ccc1-c1ncc(CCl)s1. The van der Waals surface area contributed by atoms with Gasteiger partial charge in [0.1, 0.15) is 10.8 Å². The second-order valence-electron chi connectivity index (χ2n) is 2.89. The summed E-state index contributed by atoms with van der Waals surface area (Å²) in [5.74, 6) is 0.0327. The number of rotatable bonds is 2. The number of nitrogens with zero attached hydrogens (tertiary/aromatic N) is 1. The summed E-state index contributed by atoms with van der Waals surface area (Å²) in [6.07, 6.45) is 1.65. The summed E-state index contributed by atoms with van der Waals surface area (Å²) in [6.45, 7) is 0. The van der Waals surface area contributed by atoms with Gasteiger partial charge in [-0.25, -0.2) is 9.37 Å². The van der Waals surface area contributed by atoms with Crippen LogP contribution in [0.4, 0.5) is 4.39 Å². The lowest BCUT2D eigenvalue weighted by molar-refractivity contribution is 0.631. The standard InChI is InChI=1S/C10H6Cl2FNS/c11-4-7-5-14-10(15-7)8-2-1-6(12)3-9(8)13/h1-3,5H,4H2. The lowest BCUT2D eigenvalue weighted by Crippen LogP contribution is -1.82. The van der Waals surface area contributed by atoms with Gasteiger partial charge in [0.2, 0.25) is 0 Å². The third-order valence-electron chi connectivity index (χ3n) is 1.85. The van der Waals surface area contributed by atoms with E-state index in [2.05, 4.69) is 4.98 Å². The van der Waals surface area contributed by atoms with E-state index < -0.39 is 0 Å². The minimum Gasteiger partial charge on any atom is -0.244 e. The van der Waals surface area contributed by atoms with E-state index in [-0.39, 0.29) is 5.82 Å². The molecular formula is C10H6Cl2FNS. The topological polar surface area (TPSA) is 12.9 Å². The Morgan fingerprint density at radius 1 is 1.40 bits per heavy atom. The number of thiazole rings is 1. The maximum atomic E-state index is 13.5. The average Bonchev–Trinajstić information content (AvgIpc) is 2.66. The molecule has 1 nitrogen and oxygen atoms in total. The summed E-state index contributed by atoms with van der Waals surface area (Å²) >= 11 is 12.7. The summed E-state index contributed by atoms with van der Waals surface area (Å²) in [5, 5.41) is 1.00. The summed E-state index contributed by atoms with van der Waals surface area (Å²) in [5.41, 5.74) is 0.459. The average molecular weight is 262 g/mol. The first kappa shape index (κ1) is 10.9. The van der Waals surface area contributed by atoms with Gasteiger partial charge in [-0.1, -0.05) is 11.6 Å². The van der Waals surface area contributed by atoms with E-state index in [9.17, 15) is 4.39 Å². The van der Waals surface area contributed by atoms with Gasteiger partial charge in [0.15, 0.2) is 0 Å². The van der Waals surface area contributed by atoms with E-state index in [0.29, 0.717) is 21.5 Å². The van der Waals surface area contributed by atoms with E-state index >= 15 is 0 Å². The highest BCUT2D eigenvalue weighted by molar-refractivity contribution is 7.15. The van der Waals surface area contributed by atoms with Crippen LogP contribution in [0, 0.1) is 5.82 Å². The Kier molecular flexibility index (Phi) is 3.24. The molecule has 0 aliphatic rings. The molecule has 78 valence electrons. The molecule has 0 N–H and O–H groups in total. The summed E-state index contributed by atoms with van der Waals surface area (Å²) in [6, 6.07) is 4.54. The molecule has 0 bridgehead atoms. The highest BCUT2D eigenvalue weighted by Crippen LogP contribution is 2.29. The summed E-state index contributed by atoms with van der Waals surface area (Å²) in [7, 11) is 0. The number of hydrogen-bond acceptors (Lipinski definition) is 2. The van der Waals surface area contributed by atoms with Crippen molar-refractivity contribution in [2.24, 2.45) is 0 Å². The zero-order chi connectivity index (χ0) is 10.8. The first-order chi connectivity index (χ1) is 7.20. The van der Waals surface area contributed by atoms with Crippen LogP contribution in [0.25, 0.3) is 10.6 Å². The van der Waals surface area contributed by atoms with E-state index in [1.807, 2.05) is 0 Å². The third-order valence-corrected chi connectivity index (χ3v) is 3.56. The van der Waals surface area contributed by atoms with Gasteiger partial charge in [-0.15, -0.1) is 22.9 Å². The second kappa shape index (κ2) is 4.47. The molecule has 15 heavy (non-hydrogen) atoms. The predicted molar refractivity (Wildman–Crippen MR) is 62.1 cm³/mol. The van der Waals surface area contributed by atoms with Crippen LogP contribution in [-0.4, -0.2) is 4.98 Å². The molecule has 2 aromatic rings. The first-order valence-electron chi connectivity index (χ1n) is 4.17. The minimum absolute atomic E-state index is 0.363. The molecule has 1 heterocycles. The van der Waals surface area contributed by atoms with Crippen LogP contribution in [0.5, 0.6) is 0 Å². The van der Waals surface area contributed by atoms with Crippen LogP contribution in [-0.2, 0) is 5.88 Å². The van der Waals surface area contributed by atoms with Crippen molar-refractivity contribution in [3.8, 4) is 10.6 Å². The fourth-order valence-corrected chi connectivity index (χ4v) is 2.34. The van der Waals surface area contributed by atoms with Crippen molar-refractivity contribution < 1.29 is 4.39 Å². The molecule has 1 aromatic heterocycles. The summed E-state index contributed by atoms with van der Waals surface area (Å²) in [4.78, 5) is 5.02. The Balaban J connectivity index is 2.44. The van der Waals surface area contributed by atoms with Crippen molar-refractivity contribution in [1.29, 1.82) is 0 Å². The maximum Gasteiger partial charge on any atom is 0.134 e. The number of aromatic nitrogens is 1. The fraction of sp³-hybridized carbons (Fsp3) is 0.100. The Morgan fingerprint density at radius 2 is 2.20 bits per heavy atom. The highest BCUT2D eigenvalue weighted by atomic mass is 35.5. The monoisotopic (exact) mass is 261 g/mol. The van der Waals surface area contributed by atoms with Gasteiger partial charge in [-0.3, -0.25) is 0 Å². The van der Waals surface area contributed by atoms with Crippen LogP contribution < -0.4 is 0 Å². The van der Waals surface area contributed by atoms with Gasteiger partial charge in [-0.05, 0) is 18.2 Å². The molecule has 0 radical (unpaired) electrons. The van der Waals surface area contributed by atoms with Crippen molar-refractivity contribution in [1.82, 2.24) is 4.98 Å². The Labute approximate surface area is 100 Å². The van der Waals surface area contributed by atoms with E-state index in [1.54, 1.807) is 18.3 Å². The zero-order valence-corrected chi connectivity index (χ0v) is 9.83. The van der Waals surface area contributed by atoms with E-state index in [0.717, 1.165) is 4.88 Å². The van der Waals surface area contributed by atoms with Crippen LogP contribution in [0.15, 0.2) is 24.4 Å². The molecule has 2 rings (SSSR count). The van der Waals surface area contributed by atoms with Gasteiger partial charge in [0.25, 0.3) is 0 Å².